The summed E-state index contributed by atoms with van der Waals surface area (Å²) in [5.41, 5.74) is 6.00. The molecule has 4 nitrogen and oxygen atoms in total. The van der Waals surface area contributed by atoms with Crippen LogP contribution in [0.3, 0.4) is 0 Å². The maximum absolute atomic E-state index is 10.9. The average Bonchev–Trinajstić information content (AvgIpc) is 2.55. The predicted molar refractivity (Wildman–Crippen MR) is 104 cm³/mol. The fourth-order valence-electron chi connectivity index (χ4n) is 3.28. The third-order valence-electron chi connectivity index (χ3n) is 4.37. The molecule has 0 spiro atoms. The van der Waals surface area contributed by atoms with Crippen LogP contribution in [0.2, 0.25) is 5.04 Å². The Morgan fingerprint density at radius 3 is 1.84 bits per heavy atom. The minimum Gasteiger partial charge on any atom is -0.481 e. The summed E-state index contributed by atoms with van der Waals surface area (Å²) in [5, 5.41) is 11.2. The van der Waals surface area contributed by atoms with Crippen molar-refractivity contribution in [3.05, 3.63) is 60.7 Å². The second-order valence-electron chi connectivity index (χ2n) is 7.33. The molecule has 0 saturated heterocycles. The van der Waals surface area contributed by atoms with Crippen molar-refractivity contribution < 1.29 is 14.3 Å². The minimum absolute atomic E-state index is 0.0990. The van der Waals surface area contributed by atoms with E-state index < -0.39 is 20.3 Å². The molecule has 0 saturated carbocycles. The van der Waals surface area contributed by atoms with E-state index in [9.17, 15) is 4.79 Å². The van der Waals surface area contributed by atoms with Gasteiger partial charge in [-0.1, -0.05) is 81.4 Å². The van der Waals surface area contributed by atoms with Crippen LogP contribution in [-0.2, 0) is 9.22 Å². The monoisotopic (exact) mass is 357 g/mol. The second-order valence-corrected chi connectivity index (χ2v) is 11.6. The molecule has 0 fully saturated rings. The van der Waals surface area contributed by atoms with Gasteiger partial charge in [-0.05, 0) is 15.4 Å². The SMILES string of the molecule is CC(C)(C)[Si](OCC(N)CC(=O)O)(c1ccccc1)c1ccccc1. The number of hydrogen-bond acceptors (Lipinski definition) is 3. The van der Waals surface area contributed by atoms with Crippen LogP contribution in [0, 0.1) is 0 Å². The van der Waals surface area contributed by atoms with Crippen LogP contribution in [0.15, 0.2) is 60.7 Å². The van der Waals surface area contributed by atoms with Crippen LogP contribution in [-0.4, -0.2) is 32.0 Å². The first kappa shape index (κ1) is 19.4. The van der Waals surface area contributed by atoms with E-state index in [-0.39, 0.29) is 18.1 Å². The molecule has 25 heavy (non-hydrogen) atoms. The lowest BCUT2D eigenvalue weighted by atomic mass is 10.2. The van der Waals surface area contributed by atoms with E-state index in [1.807, 2.05) is 36.4 Å². The maximum atomic E-state index is 10.9. The standard InChI is InChI=1S/C20H27NO3Si/c1-20(2,3)25(17-10-6-4-7-11-17,18-12-8-5-9-13-18)24-15-16(21)14-19(22)23/h4-13,16H,14-15,21H2,1-3H3,(H,22,23). The first-order chi connectivity index (χ1) is 11.8. The van der Waals surface area contributed by atoms with E-state index in [2.05, 4.69) is 45.0 Å². The largest absolute Gasteiger partial charge is 0.481 e. The number of rotatable bonds is 7. The summed E-state index contributed by atoms with van der Waals surface area (Å²) in [7, 11) is -2.64. The first-order valence-electron chi connectivity index (χ1n) is 8.50. The van der Waals surface area contributed by atoms with Crippen molar-refractivity contribution in [2.75, 3.05) is 6.61 Å². The van der Waals surface area contributed by atoms with Gasteiger partial charge in [0.25, 0.3) is 8.32 Å². The molecule has 1 atom stereocenters. The van der Waals surface area contributed by atoms with Crippen LogP contribution in [0.1, 0.15) is 27.2 Å². The lowest BCUT2D eigenvalue weighted by molar-refractivity contribution is -0.137. The molecule has 0 radical (unpaired) electrons. The molecule has 2 aromatic carbocycles. The molecule has 0 aromatic heterocycles. The number of nitrogens with two attached hydrogens (primary N) is 1. The van der Waals surface area contributed by atoms with E-state index >= 15 is 0 Å². The number of carboxylic acids is 1. The maximum Gasteiger partial charge on any atom is 0.305 e. The Morgan fingerprint density at radius 2 is 1.48 bits per heavy atom. The van der Waals surface area contributed by atoms with Gasteiger partial charge in [-0.2, -0.15) is 0 Å². The van der Waals surface area contributed by atoms with Gasteiger partial charge in [0.15, 0.2) is 0 Å². The smallest absolute Gasteiger partial charge is 0.305 e. The summed E-state index contributed by atoms with van der Waals surface area (Å²) in [4.78, 5) is 10.9. The van der Waals surface area contributed by atoms with E-state index in [1.54, 1.807) is 0 Å². The predicted octanol–water partition coefficient (Wildman–Crippen LogP) is 2.36. The lowest BCUT2D eigenvalue weighted by Gasteiger charge is -2.43. The Bertz CT molecular complexity index is 644. The summed E-state index contributed by atoms with van der Waals surface area (Å²) in [6.07, 6.45) is -0.0990. The van der Waals surface area contributed by atoms with Gasteiger partial charge in [0.05, 0.1) is 13.0 Å². The lowest BCUT2D eigenvalue weighted by Crippen LogP contribution is -2.67. The van der Waals surface area contributed by atoms with Crippen molar-refractivity contribution in [1.29, 1.82) is 0 Å². The molecule has 0 aliphatic heterocycles. The number of carboxylic acid groups (broad SMARTS) is 1. The summed E-state index contributed by atoms with van der Waals surface area (Å²) >= 11 is 0. The zero-order valence-electron chi connectivity index (χ0n) is 15.1. The van der Waals surface area contributed by atoms with Gasteiger partial charge in [0.2, 0.25) is 0 Å². The summed E-state index contributed by atoms with van der Waals surface area (Å²) in [6.45, 7) is 6.77. The fraction of sp³-hybridized carbons (Fsp3) is 0.350. The Hall–Kier alpha value is -1.95. The molecule has 2 rings (SSSR count). The molecule has 0 heterocycles. The van der Waals surface area contributed by atoms with Gasteiger partial charge in [-0.15, -0.1) is 0 Å². The number of hydrogen-bond donors (Lipinski definition) is 2. The third-order valence-corrected chi connectivity index (χ3v) is 9.37. The van der Waals surface area contributed by atoms with Crippen LogP contribution in [0.4, 0.5) is 0 Å². The van der Waals surface area contributed by atoms with Crippen LogP contribution >= 0.6 is 0 Å². The molecule has 3 N–H and O–H groups in total. The van der Waals surface area contributed by atoms with E-state index in [0.29, 0.717) is 0 Å². The van der Waals surface area contributed by atoms with Crippen molar-refractivity contribution in [2.45, 2.75) is 38.3 Å². The second kappa shape index (κ2) is 7.95. The van der Waals surface area contributed by atoms with Gasteiger partial charge in [-0.25, -0.2) is 0 Å². The van der Waals surface area contributed by atoms with Crippen LogP contribution in [0.25, 0.3) is 0 Å². The van der Waals surface area contributed by atoms with E-state index in [4.69, 9.17) is 15.3 Å². The Labute approximate surface area is 150 Å². The highest BCUT2D eigenvalue weighted by Crippen LogP contribution is 2.36. The summed E-state index contributed by atoms with van der Waals surface area (Å²) < 4.78 is 6.58. The van der Waals surface area contributed by atoms with Gasteiger partial charge in [-0.3, -0.25) is 4.79 Å². The molecule has 1 unspecified atom stereocenters. The summed E-state index contributed by atoms with van der Waals surface area (Å²) in [5.74, 6) is -0.904. The third kappa shape index (κ3) is 4.37. The average molecular weight is 358 g/mol. The molecule has 134 valence electrons. The molecule has 0 aliphatic rings. The Kier molecular flexibility index (Phi) is 6.16. The Morgan fingerprint density at radius 1 is 1.04 bits per heavy atom. The molecule has 0 amide bonds. The van der Waals surface area contributed by atoms with Crippen LogP contribution in [0.5, 0.6) is 0 Å². The number of aliphatic carboxylic acids is 1. The van der Waals surface area contributed by atoms with Crippen LogP contribution < -0.4 is 16.1 Å². The van der Waals surface area contributed by atoms with Gasteiger partial charge in [0.1, 0.15) is 0 Å². The Balaban J connectivity index is 2.51. The van der Waals surface area contributed by atoms with E-state index in [1.165, 1.54) is 0 Å². The number of benzene rings is 2. The molecule has 2 aromatic rings. The normalized spacial score (nSPS) is 13.4. The van der Waals surface area contributed by atoms with Gasteiger partial charge < -0.3 is 15.3 Å². The van der Waals surface area contributed by atoms with Crippen molar-refractivity contribution in [3.63, 3.8) is 0 Å². The quantitative estimate of drug-likeness (QED) is 0.746. The van der Waals surface area contributed by atoms with Gasteiger partial charge >= 0.3 is 5.97 Å². The minimum atomic E-state index is -2.64. The summed E-state index contributed by atoms with van der Waals surface area (Å²) in [6, 6.07) is 20.0. The molecule has 0 aliphatic carbocycles. The molecule has 0 bridgehead atoms. The van der Waals surface area contributed by atoms with Crippen molar-refractivity contribution in [2.24, 2.45) is 5.73 Å². The fourth-order valence-corrected chi connectivity index (χ4v) is 7.90. The number of carbonyl (C=O) groups is 1. The molecule has 5 heteroatoms. The zero-order chi connectivity index (χ0) is 18.5. The van der Waals surface area contributed by atoms with Crippen molar-refractivity contribution in [1.82, 2.24) is 0 Å². The van der Waals surface area contributed by atoms with Crippen molar-refractivity contribution in [3.8, 4) is 0 Å². The highest BCUT2D eigenvalue weighted by Gasteiger charge is 2.50. The highest BCUT2D eigenvalue weighted by molar-refractivity contribution is 6.99. The highest BCUT2D eigenvalue weighted by atomic mass is 28.4. The molecular weight excluding hydrogens is 330 g/mol. The van der Waals surface area contributed by atoms with Gasteiger partial charge in [0, 0.05) is 6.04 Å². The zero-order valence-corrected chi connectivity index (χ0v) is 16.1. The first-order valence-corrected chi connectivity index (χ1v) is 10.4. The topological polar surface area (TPSA) is 72.5 Å². The van der Waals surface area contributed by atoms with E-state index in [0.717, 1.165) is 10.4 Å². The molecular formula is C20H27NO3Si. The van der Waals surface area contributed by atoms with Crippen molar-refractivity contribution >= 4 is 24.7 Å².